The first-order chi connectivity index (χ1) is 11.6. The molecule has 2 aromatic rings. The highest BCUT2D eigenvalue weighted by Gasteiger charge is 2.25. The second-order valence-electron chi connectivity index (χ2n) is 5.50. The second-order valence-corrected chi connectivity index (χ2v) is 7.92. The van der Waals surface area contributed by atoms with Crippen LogP contribution >= 0.6 is 11.6 Å². The highest BCUT2D eigenvalue weighted by atomic mass is 35.5. The molecule has 0 unspecified atom stereocenters. The molecule has 0 radical (unpaired) electrons. The third-order valence-corrected chi connectivity index (χ3v) is 4.84. The molecule has 0 aromatic heterocycles. The van der Waals surface area contributed by atoms with Crippen molar-refractivity contribution in [2.45, 2.75) is 11.4 Å². The largest absolute Gasteiger partial charge is 0.337 e. The summed E-state index contributed by atoms with van der Waals surface area (Å²) >= 11 is 5.91. The van der Waals surface area contributed by atoms with Crippen LogP contribution in [0.15, 0.2) is 47.4 Å². The van der Waals surface area contributed by atoms with Crippen LogP contribution in [0.5, 0.6) is 0 Å². The molecule has 0 fully saturated rings. The number of benzene rings is 2. The number of nitrogens with zero attached hydrogens (tertiary/aromatic N) is 2. The Balaban J connectivity index is 2.33. The minimum Gasteiger partial charge on any atom is -0.337 e. The maximum absolute atomic E-state index is 12.5. The minimum atomic E-state index is -3.78. The Labute approximate surface area is 149 Å². The quantitative estimate of drug-likeness (QED) is 0.585. The Kier molecular flexibility index (Phi) is 5.44. The molecule has 9 heteroatoms. The van der Waals surface area contributed by atoms with Gasteiger partial charge in [-0.1, -0.05) is 23.7 Å². The Bertz CT molecular complexity index is 943. The topological polar surface area (TPSA) is 97.6 Å². The van der Waals surface area contributed by atoms with Gasteiger partial charge in [-0.05, 0) is 29.8 Å². The zero-order chi connectivity index (χ0) is 18.8. The van der Waals surface area contributed by atoms with E-state index in [0.29, 0.717) is 5.02 Å². The first-order valence-electron chi connectivity index (χ1n) is 7.08. The predicted molar refractivity (Wildman–Crippen MR) is 93.5 cm³/mol. The Morgan fingerprint density at radius 3 is 2.48 bits per heavy atom. The van der Waals surface area contributed by atoms with Crippen LogP contribution < -0.4 is 0 Å². The summed E-state index contributed by atoms with van der Waals surface area (Å²) in [5, 5.41) is 11.7. The molecule has 2 aromatic carbocycles. The number of amides is 1. The van der Waals surface area contributed by atoms with E-state index in [1.54, 1.807) is 31.3 Å². The van der Waals surface area contributed by atoms with Gasteiger partial charge in [-0.15, -0.1) is 0 Å². The summed E-state index contributed by atoms with van der Waals surface area (Å²) in [4.78, 5) is 23.8. The van der Waals surface area contributed by atoms with Gasteiger partial charge in [-0.2, -0.15) is 0 Å². The lowest BCUT2D eigenvalue weighted by molar-refractivity contribution is -0.387. The molecule has 132 valence electrons. The fraction of sp³-hybridized carbons (Fsp3) is 0.188. The molecule has 0 atom stereocenters. The van der Waals surface area contributed by atoms with E-state index in [4.69, 9.17) is 11.6 Å². The number of sulfone groups is 1. The molecule has 0 bridgehead atoms. The minimum absolute atomic E-state index is 0.0311. The molecule has 0 saturated carbocycles. The van der Waals surface area contributed by atoms with Crippen LogP contribution in [0.3, 0.4) is 0 Å². The van der Waals surface area contributed by atoms with Crippen LogP contribution in [-0.2, 0) is 16.4 Å². The molecular weight excluding hydrogens is 368 g/mol. The van der Waals surface area contributed by atoms with Crippen molar-refractivity contribution in [1.29, 1.82) is 0 Å². The van der Waals surface area contributed by atoms with Crippen molar-refractivity contribution in [3.8, 4) is 0 Å². The van der Waals surface area contributed by atoms with Gasteiger partial charge in [0.15, 0.2) is 9.84 Å². The molecule has 7 nitrogen and oxygen atoms in total. The first-order valence-corrected chi connectivity index (χ1v) is 9.35. The number of rotatable bonds is 5. The third-order valence-electron chi connectivity index (χ3n) is 3.46. The van der Waals surface area contributed by atoms with Gasteiger partial charge < -0.3 is 4.90 Å². The van der Waals surface area contributed by atoms with Gasteiger partial charge in [0.25, 0.3) is 11.6 Å². The number of hydrogen-bond donors (Lipinski definition) is 0. The molecule has 0 aliphatic heterocycles. The number of carbonyl (C=O) groups excluding carboxylic acids is 1. The highest BCUT2D eigenvalue weighted by Crippen LogP contribution is 2.25. The summed E-state index contributed by atoms with van der Waals surface area (Å²) in [7, 11) is -2.23. The zero-order valence-electron chi connectivity index (χ0n) is 13.5. The smallest absolute Gasteiger partial charge is 0.288 e. The lowest BCUT2D eigenvalue weighted by Crippen LogP contribution is -2.26. The van der Waals surface area contributed by atoms with E-state index in [1.807, 2.05) is 0 Å². The van der Waals surface area contributed by atoms with Crippen LogP contribution in [0.25, 0.3) is 0 Å². The standard InChI is InChI=1S/C16H15ClN2O5S/c1-18(10-11-4-3-5-13(17)8-11)16(20)12-6-7-15(25(2,23)24)14(9-12)19(21)22/h3-9H,10H2,1-2H3. The normalized spacial score (nSPS) is 11.2. The molecule has 1 amide bonds. The van der Waals surface area contributed by atoms with Gasteiger partial charge in [0.2, 0.25) is 0 Å². The average Bonchev–Trinajstić information content (AvgIpc) is 2.52. The van der Waals surface area contributed by atoms with Gasteiger partial charge in [0.05, 0.1) is 4.92 Å². The number of halogens is 1. The Hall–Kier alpha value is -2.45. The Morgan fingerprint density at radius 1 is 1.24 bits per heavy atom. The van der Waals surface area contributed by atoms with Gasteiger partial charge in [0.1, 0.15) is 4.90 Å². The van der Waals surface area contributed by atoms with Crippen LogP contribution in [-0.4, -0.2) is 37.5 Å². The average molecular weight is 383 g/mol. The molecule has 2 rings (SSSR count). The number of nitro groups is 1. The second kappa shape index (κ2) is 7.20. The summed E-state index contributed by atoms with van der Waals surface area (Å²) in [6.07, 6.45) is 0.877. The number of hydrogen-bond acceptors (Lipinski definition) is 5. The van der Waals surface area contributed by atoms with E-state index in [0.717, 1.165) is 24.0 Å². The fourth-order valence-corrected chi connectivity index (χ4v) is 3.35. The molecule has 0 heterocycles. The van der Waals surface area contributed by atoms with Crippen LogP contribution in [0.4, 0.5) is 5.69 Å². The zero-order valence-corrected chi connectivity index (χ0v) is 15.0. The van der Waals surface area contributed by atoms with E-state index in [1.165, 1.54) is 11.0 Å². The van der Waals surface area contributed by atoms with Crippen molar-refractivity contribution in [2.75, 3.05) is 13.3 Å². The summed E-state index contributed by atoms with van der Waals surface area (Å²) in [6.45, 7) is 0.251. The maximum Gasteiger partial charge on any atom is 0.288 e. The molecular formula is C16H15ClN2O5S. The maximum atomic E-state index is 12.5. The van der Waals surface area contributed by atoms with Gasteiger partial charge in [0, 0.05) is 36.5 Å². The third kappa shape index (κ3) is 4.55. The van der Waals surface area contributed by atoms with Crippen LogP contribution in [0, 0.1) is 10.1 Å². The van der Waals surface area contributed by atoms with Gasteiger partial charge in [-0.25, -0.2) is 8.42 Å². The van der Waals surface area contributed by atoms with E-state index < -0.39 is 31.3 Å². The van der Waals surface area contributed by atoms with E-state index >= 15 is 0 Å². The molecule has 0 spiro atoms. The lowest BCUT2D eigenvalue weighted by Gasteiger charge is -2.17. The number of carbonyl (C=O) groups is 1. The van der Waals surface area contributed by atoms with E-state index in [-0.39, 0.29) is 12.1 Å². The fourth-order valence-electron chi connectivity index (χ4n) is 2.31. The highest BCUT2D eigenvalue weighted by molar-refractivity contribution is 7.90. The van der Waals surface area contributed by atoms with Crippen LogP contribution in [0.1, 0.15) is 15.9 Å². The predicted octanol–water partition coefficient (Wildman–Crippen LogP) is 2.92. The molecule has 25 heavy (non-hydrogen) atoms. The number of nitro benzene ring substituents is 1. The monoisotopic (exact) mass is 382 g/mol. The van der Waals surface area contributed by atoms with E-state index in [9.17, 15) is 23.3 Å². The van der Waals surface area contributed by atoms with Crippen molar-refractivity contribution >= 4 is 33.0 Å². The molecule has 0 N–H and O–H groups in total. The van der Waals surface area contributed by atoms with Crippen molar-refractivity contribution in [1.82, 2.24) is 4.90 Å². The van der Waals surface area contributed by atoms with Crippen LogP contribution in [0.2, 0.25) is 5.02 Å². The van der Waals surface area contributed by atoms with Crippen molar-refractivity contribution in [3.63, 3.8) is 0 Å². The summed E-state index contributed by atoms with van der Waals surface area (Å²) in [5.41, 5.74) is 0.207. The Morgan fingerprint density at radius 2 is 1.92 bits per heavy atom. The summed E-state index contributed by atoms with van der Waals surface area (Å²) in [6, 6.07) is 10.3. The lowest BCUT2D eigenvalue weighted by atomic mass is 10.1. The summed E-state index contributed by atoms with van der Waals surface area (Å²) < 4.78 is 23.3. The molecule has 0 saturated heterocycles. The van der Waals surface area contributed by atoms with Gasteiger partial charge >= 0.3 is 0 Å². The molecule has 0 aliphatic carbocycles. The van der Waals surface area contributed by atoms with Crippen molar-refractivity contribution < 1.29 is 18.1 Å². The van der Waals surface area contributed by atoms with E-state index in [2.05, 4.69) is 0 Å². The first kappa shape index (κ1) is 18.9. The van der Waals surface area contributed by atoms with Crippen molar-refractivity contribution in [2.24, 2.45) is 0 Å². The van der Waals surface area contributed by atoms with Gasteiger partial charge in [-0.3, -0.25) is 14.9 Å². The molecule has 0 aliphatic rings. The SMILES string of the molecule is CN(Cc1cccc(Cl)c1)C(=O)c1ccc(S(C)(=O)=O)c([N+](=O)[O-])c1. The summed E-state index contributed by atoms with van der Waals surface area (Å²) in [5.74, 6) is -0.469. The van der Waals surface area contributed by atoms with Crippen molar-refractivity contribution in [3.05, 3.63) is 68.7 Å².